The summed E-state index contributed by atoms with van der Waals surface area (Å²) in [7, 11) is -3.98. The Bertz CT molecular complexity index is 1500. The van der Waals surface area contributed by atoms with Gasteiger partial charge in [0.1, 0.15) is 5.75 Å². The van der Waals surface area contributed by atoms with Crippen molar-refractivity contribution in [2.24, 2.45) is 5.92 Å². The minimum Gasteiger partial charge on any atom is -0.482 e. The number of aliphatic carboxylic acids is 1. The van der Waals surface area contributed by atoms with Crippen LogP contribution in [0.2, 0.25) is 0 Å². The number of fused-ring (bicyclic) bond motifs is 1. The predicted octanol–water partition coefficient (Wildman–Crippen LogP) is 6.66. The zero-order chi connectivity index (χ0) is 28.7. The number of benzene rings is 3. The van der Waals surface area contributed by atoms with Crippen LogP contribution in [0.25, 0.3) is 11.1 Å². The molecule has 39 heavy (non-hydrogen) atoms. The summed E-state index contributed by atoms with van der Waals surface area (Å²) in [5.74, 6) is -0.866. The lowest BCUT2D eigenvalue weighted by Gasteiger charge is -2.23. The van der Waals surface area contributed by atoms with Crippen molar-refractivity contribution in [3.63, 3.8) is 0 Å². The van der Waals surface area contributed by atoms with Crippen LogP contribution in [0.4, 0.5) is 18.9 Å². The van der Waals surface area contributed by atoms with Gasteiger partial charge in [0, 0.05) is 12.5 Å². The first-order valence-corrected chi connectivity index (χ1v) is 14.0. The summed E-state index contributed by atoms with van der Waals surface area (Å²) in [6, 6.07) is 13.1. The van der Waals surface area contributed by atoms with E-state index in [9.17, 15) is 26.4 Å². The van der Waals surface area contributed by atoms with Crippen molar-refractivity contribution in [3.05, 3.63) is 76.9 Å². The van der Waals surface area contributed by atoms with Crippen LogP contribution >= 0.6 is 0 Å². The molecule has 10 heteroatoms. The standard InChI is InChI=1S/C29H30F3NO5S/c1-5-19-13-21(20-6-8-22(9-7-20)29(30,31)32)14-24-25(17(2)3)15-33(28(19)24)39(36,37)23-10-11-26(18(4)12-23)38-16-27(34)35/h6-14,17,25H,5,15-16H2,1-4H3,(H,34,35). The molecule has 0 saturated heterocycles. The molecule has 0 amide bonds. The molecule has 3 aromatic rings. The van der Waals surface area contributed by atoms with Crippen LogP contribution in [-0.2, 0) is 27.4 Å². The Morgan fingerprint density at radius 3 is 2.28 bits per heavy atom. The number of hydrogen-bond acceptors (Lipinski definition) is 4. The molecule has 0 aliphatic carbocycles. The zero-order valence-electron chi connectivity index (χ0n) is 22.0. The SMILES string of the molecule is CCc1cc(-c2ccc(C(F)(F)F)cc2)cc2c1N(S(=O)(=O)c1ccc(OCC(=O)O)c(C)c1)CC2C(C)C. The quantitative estimate of drug-likeness (QED) is 0.333. The highest BCUT2D eigenvalue weighted by Gasteiger charge is 2.40. The summed E-state index contributed by atoms with van der Waals surface area (Å²) < 4.78 is 73.8. The first-order chi connectivity index (χ1) is 18.2. The van der Waals surface area contributed by atoms with Crippen LogP contribution in [-0.4, -0.2) is 32.6 Å². The van der Waals surface area contributed by atoms with Crippen molar-refractivity contribution in [3.8, 4) is 16.9 Å². The van der Waals surface area contributed by atoms with Crippen molar-refractivity contribution in [1.29, 1.82) is 0 Å². The van der Waals surface area contributed by atoms with E-state index in [1.54, 1.807) is 6.92 Å². The van der Waals surface area contributed by atoms with E-state index in [1.165, 1.54) is 34.6 Å². The van der Waals surface area contributed by atoms with E-state index in [0.29, 0.717) is 23.2 Å². The number of carbonyl (C=O) groups is 1. The number of nitrogens with zero attached hydrogens (tertiary/aromatic N) is 1. The summed E-state index contributed by atoms with van der Waals surface area (Å²) >= 11 is 0. The second-order valence-corrected chi connectivity index (χ2v) is 11.9. The lowest BCUT2D eigenvalue weighted by Crippen LogP contribution is -2.31. The monoisotopic (exact) mass is 561 g/mol. The Balaban J connectivity index is 1.78. The number of aryl methyl sites for hydroxylation is 2. The maximum atomic E-state index is 13.9. The van der Waals surface area contributed by atoms with Gasteiger partial charge >= 0.3 is 12.1 Å². The molecule has 0 spiro atoms. The fourth-order valence-electron chi connectivity index (χ4n) is 4.96. The Hall–Kier alpha value is -3.53. The molecule has 0 saturated carbocycles. The van der Waals surface area contributed by atoms with E-state index in [4.69, 9.17) is 9.84 Å². The van der Waals surface area contributed by atoms with Gasteiger partial charge in [-0.2, -0.15) is 13.2 Å². The van der Waals surface area contributed by atoms with Gasteiger partial charge in [-0.25, -0.2) is 13.2 Å². The van der Waals surface area contributed by atoms with Crippen molar-refractivity contribution in [1.82, 2.24) is 0 Å². The van der Waals surface area contributed by atoms with Crippen LogP contribution in [0, 0.1) is 12.8 Å². The lowest BCUT2D eigenvalue weighted by molar-refractivity contribution is -0.139. The second kappa shape index (κ2) is 10.6. The number of halogens is 3. The van der Waals surface area contributed by atoms with Gasteiger partial charge in [-0.15, -0.1) is 0 Å². The highest BCUT2D eigenvalue weighted by atomic mass is 32.2. The zero-order valence-corrected chi connectivity index (χ0v) is 22.9. The van der Waals surface area contributed by atoms with Gasteiger partial charge in [0.05, 0.1) is 16.1 Å². The van der Waals surface area contributed by atoms with Crippen molar-refractivity contribution < 1.29 is 36.2 Å². The van der Waals surface area contributed by atoms with E-state index in [-0.39, 0.29) is 29.0 Å². The average Bonchev–Trinajstić information content (AvgIpc) is 3.28. The first kappa shape index (κ1) is 28.5. The molecule has 0 fully saturated rings. The first-order valence-electron chi connectivity index (χ1n) is 12.6. The lowest BCUT2D eigenvalue weighted by atomic mass is 9.87. The van der Waals surface area contributed by atoms with Crippen LogP contribution in [0.15, 0.2) is 59.5 Å². The van der Waals surface area contributed by atoms with Gasteiger partial charge in [0.25, 0.3) is 10.0 Å². The Morgan fingerprint density at radius 2 is 1.74 bits per heavy atom. The van der Waals surface area contributed by atoms with Crippen molar-refractivity contribution >= 4 is 21.7 Å². The van der Waals surface area contributed by atoms with Gasteiger partial charge in [-0.3, -0.25) is 4.31 Å². The van der Waals surface area contributed by atoms with Gasteiger partial charge in [-0.05, 0) is 89.5 Å². The molecule has 1 heterocycles. The molecule has 0 radical (unpaired) electrons. The number of carboxylic acid groups (broad SMARTS) is 1. The molecule has 208 valence electrons. The van der Waals surface area contributed by atoms with Gasteiger partial charge in [0.2, 0.25) is 0 Å². The Labute approximate surface area is 226 Å². The Kier molecular flexibility index (Phi) is 7.71. The molecule has 0 bridgehead atoms. The summed E-state index contributed by atoms with van der Waals surface area (Å²) in [5.41, 5.74) is 3.36. The van der Waals surface area contributed by atoms with E-state index in [2.05, 4.69) is 0 Å². The van der Waals surface area contributed by atoms with Crippen LogP contribution < -0.4 is 9.04 Å². The number of rotatable bonds is 8. The number of alkyl halides is 3. The summed E-state index contributed by atoms with van der Waals surface area (Å²) in [6.07, 6.45) is -3.91. The third kappa shape index (κ3) is 5.61. The number of anilines is 1. The van der Waals surface area contributed by atoms with E-state index >= 15 is 0 Å². The highest BCUT2D eigenvalue weighted by Crippen LogP contribution is 2.47. The number of sulfonamides is 1. The molecule has 1 unspecified atom stereocenters. The topological polar surface area (TPSA) is 83.9 Å². The smallest absolute Gasteiger partial charge is 0.416 e. The third-order valence-electron chi connectivity index (χ3n) is 7.05. The molecular weight excluding hydrogens is 531 g/mol. The minimum atomic E-state index is -4.43. The van der Waals surface area contributed by atoms with Crippen LogP contribution in [0.3, 0.4) is 0 Å². The van der Waals surface area contributed by atoms with E-state index in [1.807, 2.05) is 32.9 Å². The second-order valence-electron chi connectivity index (χ2n) is 10.00. The summed E-state index contributed by atoms with van der Waals surface area (Å²) in [6.45, 7) is 7.29. The average molecular weight is 562 g/mol. The number of carboxylic acids is 1. The maximum Gasteiger partial charge on any atom is 0.416 e. The van der Waals surface area contributed by atoms with E-state index in [0.717, 1.165) is 28.8 Å². The van der Waals surface area contributed by atoms with Gasteiger partial charge < -0.3 is 9.84 Å². The van der Waals surface area contributed by atoms with Gasteiger partial charge in [-0.1, -0.05) is 32.9 Å². The van der Waals surface area contributed by atoms with Gasteiger partial charge in [0.15, 0.2) is 6.61 Å². The van der Waals surface area contributed by atoms with Crippen molar-refractivity contribution in [2.45, 2.75) is 51.1 Å². The van der Waals surface area contributed by atoms with Crippen LogP contribution in [0.5, 0.6) is 5.75 Å². The molecular formula is C29H30F3NO5S. The normalized spacial score (nSPS) is 15.5. The molecule has 1 aliphatic heterocycles. The Morgan fingerprint density at radius 1 is 1.08 bits per heavy atom. The van der Waals surface area contributed by atoms with Crippen molar-refractivity contribution in [2.75, 3.05) is 17.5 Å². The summed E-state index contributed by atoms with van der Waals surface area (Å²) in [4.78, 5) is 10.9. The molecule has 1 aliphatic rings. The van der Waals surface area contributed by atoms with Crippen LogP contribution in [0.1, 0.15) is 48.9 Å². The molecule has 1 N–H and O–H groups in total. The molecule has 3 aromatic carbocycles. The molecule has 0 aromatic heterocycles. The minimum absolute atomic E-state index is 0.0619. The number of hydrogen-bond donors (Lipinski definition) is 1. The molecule has 1 atom stereocenters. The predicted molar refractivity (Wildman–Crippen MR) is 143 cm³/mol. The van der Waals surface area contributed by atoms with E-state index < -0.39 is 34.3 Å². The fourth-order valence-corrected chi connectivity index (χ4v) is 6.60. The molecule has 4 rings (SSSR count). The largest absolute Gasteiger partial charge is 0.482 e. The highest BCUT2D eigenvalue weighted by molar-refractivity contribution is 7.92. The number of ether oxygens (including phenoxy) is 1. The molecule has 6 nitrogen and oxygen atoms in total. The summed E-state index contributed by atoms with van der Waals surface area (Å²) in [5, 5.41) is 8.87. The maximum absolute atomic E-state index is 13.9. The third-order valence-corrected chi connectivity index (χ3v) is 8.81. The fraction of sp³-hybridized carbons (Fsp3) is 0.345.